The van der Waals surface area contributed by atoms with Crippen LogP contribution in [-0.2, 0) is 6.18 Å². The molecule has 0 bridgehead atoms. The van der Waals surface area contributed by atoms with Crippen molar-refractivity contribution in [2.24, 2.45) is 4.99 Å². The molecular formula is C13H11F3N4O2. The minimum atomic E-state index is -4.69. The minimum Gasteiger partial charge on any atom is -0.369 e. The van der Waals surface area contributed by atoms with Gasteiger partial charge in [-0.05, 0) is 12.1 Å². The average Bonchev–Trinajstić information content (AvgIpc) is 2.94. The molecule has 0 saturated heterocycles. The quantitative estimate of drug-likeness (QED) is 0.643. The maximum atomic E-state index is 12.4. The van der Waals surface area contributed by atoms with Gasteiger partial charge in [0.2, 0.25) is 5.82 Å². The van der Waals surface area contributed by atoms with Crippen LogP contribution >= 0.6 is 0 Å². The molecule has 2 rings (SSSR count). The summed E-state index contributed by atoms with van der Waals surface area (Å²) in [7, 11) is 3.43. The summed E-state index contributed by atoms with van der Waals surface area (Å²) in [6.45, 7) is 0. The third kappa shape index (κ3) is 3.68. The third-order valence-corrected chi connectivity index (χ3v) is 2.46. The van der Waals surface area contributed by atoms with Crippen molar-refractivity contribution in [2.45, 2.75) is 6.18 Å². The molecule has 0 saturated carbocycles. The van der Waals surface area contributed by atoms with Gasteiger partial charge in [-0.1, -0.05) is 17.3 Å². The highest BCUT2D eigenvalue weighted by Crippen LogP contribution is 2.29. The maximum Gasteiger partial charge on any atom is 0.471 e. The number of halogens is 3. The molecule has 1 heterocycles. The third-order valence-electron chi connectivity index (χ3n) is 2.46. The topological polar surface area (TPSA) is 71.6 Å². The molecule has 0 unspecified atom stereocenters. The van der Waals surface area contributed by atoms with E-state index in [0.717, 1.165) is 0 Å². The molecule has 22 heavy (non-hydrogen) atoms. The molecule has 1 amide bonds. The van der Waals surface area contributed by atoms with Crippen LogP contribution in [0.3, 0.4) is 0 Å². The molecule has 2 aromatic rings. The predicted octanol–water partition coefficient (Wildman–Crippen LogP) is 2.49. The number of rotatable bonds is 3. The molecule has 0 N–H and O–H groups in total. The lowest BCUT2D eigenvalue weighted by Crippen LogP contribution is -2.09. The van der Waals surface area contributed by atoms with Crippen molar-refractivity contribution >= 4 is 12.2 Å². The lowest BCUT2D eigenvalue weighted by atomic mass is 10.1. The summed E-state index contributed by atoms with van der Waals surface area (Å²) in [6.07, 6.45) is -3.34. The lowest BCUT2D eigenvalue weighted by molar-refractivity contribution is -0.159. The van der Waals surface area contributed by atoms with Gasteiger partial charge in [0.15, 0.2) is 0 Å². The zero-order chi connectivity index (χ0) is 16.3. The van der Waals surface area contributed by atoms with Crippen LogP contribution in [0.15, 0.2) is 33.8 Å². The number of aliphatic imine (C=N–C) groups is 1. The molecule has 116 valence electrons. The Labute approximate surface area is 123 Å². The van der Waals surface area contributed by atoms with Crippen molar-refractivity contribution < 1.29 is 22.5 Å². The van der Waals surface area contributed by atoms with E-state index in [1.165, 1.54) is 30.6 Å². The van der Waals surface area contributed by atoms with Gasteiger partial charge in [0.1, 0.15) is 0 Å². The van der Waals surface area contributed by atoms with Crippen LogP contribution in [0.4, 0.5) is 13.2 Å². The molecule has 1 aromatic carbocycles. The van der Waals surface area contributed by atoms with E-state index in [4.69, 9.17) is 0 Å². The molecule has 9 heteroatoms. The van der Waals surface area contributed by atoms with Crippen LogP contribution in [0.1, 0.15) is 16.2 Å². The molecular weight excluding hydrogens is 301 g/mol. The van der Waals surface area contributed by atoms with Crippen LogP contribution < -0.4 is 0 Å². The number of nitrogens with zero attached hydrogens (tertiary/aromatic N) is 4. The highest BCUT2D eigenvalue weighted by Gasteiger charge is 2.38. The van der Waals surface area contributed by atoms with E-state index in [1.807, 2.05) is 0 Å². The van der Waals surface area contributed by atoms with Crippen molar-refractivity contribution in [2.75, 3.05) is 14.1 Å². The van der Waals surface area contributed by atoms with Crippen molar-refractivity contribution in [3.8, 4) is 11.4 Å². The summed E-state index contributed by atoms with van der Waals surface area (Å²) in [5, 5.41) is 3.26. The predicted molar refractivity (Wildman–Crippen MR) is 71.2 cm³/mol. The largest absolute Gasteiger partial charge is 0.471 e. The van der Waals surface area contributed by atoms with Gasteiger partial charge in [0.05, 0.1) is 6.34 Å². The Balaban J connectivity index is 2.19. The second-order valence-corrected chi connectivity index (χ2v) is 4.51. The van der Waals surface area contributed by atoms with Crippen LogP contribution in [0.5, 0.6) is 0 Å². The first-order valence-corrected chi connectivity index (χ1v) is 6.03. The van der Waals surface area contributed by atoms with Gasteiger partial charge in [-0.15, -0.1) is 0 Å². The maximum absolute atomic E-state index is 12.4. The first-order valence-electron chi connectivity index (χ1n) is 6.03. The fourth-order valence-electron chi connectivity index (χ4n) is 1.46. The van der Waals surface area contributed by atoms with E-state index in [1.54, 1.807) is 19.0 Å². The molecule has 0 spiro atoms. The van der Waals surface area contributed by atoms with Gasteiger partial charge in [-0.2, -0.15) is 23.1 Å². The first-order chi connectivity index (χ1) is 10.3. The van der Waals surface area contributed by atoms with E-state index in [0.29, 0.717) is 11.1 Å². The molecule has 6 nitrogen and oxygen atoms in total. The second kappa shape index (κ2) is 5.96. The van der Waals surface area contributed by atoms with Crippen LogP contribution in [0, 0.1) is 0 Å². The number of aromatic nitrogens is 2. The van der Waals surface area contributed by atoms with Crippen LogP contribution in [0.25, 0.3) is 11.4 Å². The molecule has 0 aliphatic carbocycles. The molecule has 0 atom stereocenters. The summed E-state index contributed by atoms with van der Waals surface area (Å²) in [5.41, 5.74) is 0.591. The van der Waals surface area contributed by atoms with Gasteiger partial charge < -0.3 is 9.42 Å². The van der Waals surface area contributed by atoms with Crippen molar-refractivity contribution in [3.63, 3.8) is 0 Å². The summed E-state index contributed by atoms with van der Waals surface area (Å²) >= 11 is 0. The standard InChI is InChI=1S/C13H11F3N4O2/c1-20(2)7-17-11(21)9-5-3-8(4-6-9)10-18-12(22-19-10)13(14,15)16/h3-7H,1-2H3/b17-7-. The number of carbonyl (C=O) groups is 1. The summed E-state index contributed by atoms with van der Waals surface area (Å²) < 4.78 is 41.3. The molecule has 0 aliphatic heterocycles. The van der Waals surface area contributed by atoms with Crippen LogP contribution in [-0.4, -0.2) is 41.4 Å². The smallest absolute Gasteiger partial charge is 0.369 e. The minimum absolute atomic E-state index is 0.205. The van der Waals surface area contributed by atoms with Crippen molar-refractivity contribution in [3.05, 3.63) is 35.7 Å². The van der Waals surface area contributed by atoms with E-state index in [2.05, 4.69) is 19.7 Å². The van der Waals surface area contributed by atoms with Crippen molar-refractivity contribution in [1.82, 2.24) is 15.0 Å². The molecule has 1 aromatic heterocycles. The van der Waals surface area contributed by atoms with Crippen LogP contribution in [0.2, 0.25) is 0 Å². The van der Waals surface area contributed by atoms with Crippen molar-refractivity contribution in [1.29, 1.82) is 0 Å². The zero-order valence-electron chi connectivity index (χ0n) is 11.6. The Bertz CT molecular complexity index is 690. The van der Waals surface area contributed by atoms with Gasteiger partial charge in [-0.3, -0.25) is 4.79 Å². The SMILES string of the molecule is CN(C)/C=N\C(=O)c1ccc(-c2noc(C(F)(F)F)n2)cc1. The summed E-state index contributed by atoms with van der Waals surface area (Å²) in [6, 6.07) is 5.69. The Morgan fingerprint density at radius 3 is 2.41 bits per heavy atom. The van der Waals surface area contributed by atoms with Gasteiger partial charge in [-0.25, -0.2) is 0 Å². The van der Waals surface area contributed by atoms with Gasteiger partial charge in [0, 0.05) is 25.2 Å². The fourth-order valence-corrected chi connectivity index (χ4v) is 1.46. The molecule has 0 radical (unpaired) electrons. The summed E-state index contributed by atoms with van der Waals surface area (Å²) in [5.74, 6) is -2.09. The highest BCUT2D eigenvalue weighted by atomic mass is 19.4. The highest BCUT2D eigenvalue weighted by molar-refractivity contribution is 5.98. The van der Waals surface area contributed by atoms with E-state index in [-0.39, 0.29) is 5.82 Å². The molecule has 0 fully saturated rings. The van der Waals surface area contributed by atoms with E-state index < -0.39 is 18.0 Å². The number of amides is 1. The number of alkyl halides is 3. The second-order valence-electron chi connectivity index (χ2n) is 4.51. The fraction of sp³-hybridized carbons (Fsp3) is 0.231. The monoisotopic (exact) mass is 312 g/mol. The molecule has 0 aliphatic rings. The van der Waals surface area contributed by atoms with Gasteiger partial charge in [0.25, 0.3) is 5.91 Å². The summed E-state index contributed by atoms with van der Waals surface area (Å²) in [4.78, 5) is 20.3. The zero-order valence-corrected chi connectivity index (χ0v) is 11.6. The normalized spacial score (nSPS) is 11.9. The number of hydrogen-bond donors (Lipinski definition) is 0. The number of hydrogen-bond acceptors (Lipinski definition) is 4. The Kier molecular flexibility index (Phi) is 4.25. The average molecular weight is 312 g/mol. The Morgan fingerprint density at radius 1 is 1.27 bits per heavy atom. The Hall–Kier alpha value is -2.71. The number of carbonyl (C=O) groups excluding carboxylic acids is 1. The lowest BCUT2D eigenvalue weighted by Gasteiger charge is -2.02. The van der Waals surface area contributed by atoms with Gasteiger partial charge >= 0.3 is 12.1 Å². The first kappa shape index (κ1) is 15.7. The van der Waals surface area contributed by atoms with E-state index >= 15 is 0 Å². The number of benzene rings is 1. The Morgan fingerprint density at radius 2 is 1.91 bits per heavy atom. The van der Waals surface area contributed by atoms with E-state index in [9.17, 15) is 18.0 Å².